The van der Waals surface area contributed by atoms with Crippen molar-refractivity contribution in [3.05, 3.63) is 69.2 Å². The van der Waals surface area contributed by atoms with Gasteiger partial charge in [-0.15, -0.1) is 0 Å². The quantitative estimate of drug-likeness (QED) is 0.762. The Labute approximate surface area is 132 Å². The molecule has 2 aromatic rings. The molecule has 0 unspecified atom stereocenters. The molecule has 0 saturated heterocycles. The maximum absolute atomic E-state index is 11.8. The summed E-state index contributed by atoms with van der Waals surface area (Å²) in [6.07, 6.45) is 3.10. The highest BCUT2D eigenvalue weighted by Gasteiger charge is 2.01. The Bertz CT molecular complexity index is 668. The van der Waals surface area contributed by atoms with Crippen LogP contribution in [-0.2, 0) is 4.79 Å². The predicted molar refractivity (Wildman–Crippen MR) is 85.6 cm³/mol. The van der Waals surface area contributed by atoms with Crippen LogP contribution in [0.15, 0.2) is 48.5 Å². The molecular weight excluding hydrogens is 317 g/mol. The van der Waals surface area contributed by atoms with Crippen molar-refractivity contribution >= 4 is 52.5 Å². The molecule has 0 atom stereocenters. The fourth-order valence-corrected chi connectivity index (χ4v) is 2.04. The molecule has 0 saturated carbocycles. The first-order valence-corrected chi connectivity index (χ1v) is 6.88. The number of anilines is 1. The van der Waals surface area contributed by atoms with Gasteiger partial charge < -0.3 is 5.32 Å². The van der Waals surface area contributed by atoms with Gasteiger partial charge in [0.1, 0.15) is 0 Å². The smallest absolute Gasteiger partial charge is 0.248 e. The van der Waals surface area contributed by atoms with E-state index in [4.69, 9.17) is 34.8 Å². The summed E-state index contributed by atoms with van der Waals surface area (Å²) in [6, 6.07) is 12.1. The minimum Gasteiger partial charge on any atom is -0.322 e. The highest BCUT2D eigenvalue weighted by molar-refractivity contribution is 6.42. The molecular formula is C15H10Cl3NO. The van der Waals surface area contributed by atoms with E-state index < -0.39 is 0 Å². The summed E-state index contributed by atoms with van der Waals surface area (Å²) in [7, 11) is 0. The number of benzene rings is 2. The lowest BCUT2D eigenvalue weighted by molar-refractivity contribution is -0.111. The monoisotopic (exact) mass is 325 g/mol. The number of nitrogens with one attached hydrogen (secondary N) is 1. The van der Waals surface area contributed by atoms with Gasteiger partial charge in [-0.25, -0.2) is 0 Å². The van der Waals surface area contributed by atoms with Gasteiger partial charge in [0.25, 0.3) is 0 Å². The van der Waals surface area contributed by atoms with E-state index in [0.717, 1.165) is 5.56 Å². The molecule has 0 bridgehead atoms. The van der Waals surface area contributed by atoms with E-state index in [1.165, 1.54) is 6.08 Å². The topological polar surface area (TPSA) is 29.1 Å². The maximum atomic E-state index is 11.8. The van der Waals surface area contributed by atoms with Gasteiger partial charge in [-0.2, -0.15) is 0 Å². The van der Waals surface area contributed by atoms with Gasteiger partial charge in [-0.05, 0) is 42.0 Å². The van der Waals surface area contributed by atoms with Crippen LogP contribution in [0.3, 0.4) is 0 Å². The van der Waals surface area contributed by atoms with Crippen LogP contribution in [0.1, 0.15) is 5.56 Å². The van der Waals surface area contributed by atoms with Crippen LogP contribution in [0.5, 0.6) is 0 Å². The minimum absolute atomic E-state index is 0.261. The predicted octanol–water partition coefficient (Wildman–Crippen LogP) is 5.30. The number of amides is 1. The van der Waals surface area contributed by atoms with E-state index in [0.29, 0.717) is 20.8 Å². The van der Waals surface area contributed by atoms with Gasteiger partial charge in [0.05, 0.1) is 10.0 Å². The lowest BCUT2D eigenvalue weighted by atomic mass is 10.2. The van der Waals surface area contributed by atoms with Gasteiger partial charge in [0.2, 0.25) is 5.91 Å². The zero-order chi connectivity index (χ0) is 14.5. The number of hydrogen-bond donors (Lipinski definition) is 1. The summed E-state index contributed by atoms with van der Waals surface area (Å²) in [5, 5.41) is 4.15. The molecule has 1 amide bonds. The van der Waals surface area contributed by atoms with E-state index in [-0.39, 0.29) is 5.91 Å². The van der Waals surface area contributed by atoms with Gasteiger partial charge in [-0.3, -0.25) is 4.79 Å². The maximum Gasteiger partial charge on any atom is 0.248 e. The molecule has 0 aliphatic rings. The second kappa shape index (κ2) is 6.80. The molecule has 0 spiro atoms. The first kappa shape index (κ1) is 14.9. The normalized spacial score (nSPS) is 10.8. The molecule has 0 fully saturated rings. The summed E-state index contributed by atoms with van der Waals surface area (Å²) >= 11 is 17.5. The van der Waals surface area contributed by atoms with E-state index in [2.05, 4.69) is 5.32 Å². The van der Waals surface area contributed by atoms with Crippen LogP contribution < -0.4 is 5.32 Å². The van der Waals surface area contributed by atoms with E-state index >= 15 is 0 Å². The van der Waals surface area contributed by atoms with Crippen molar-refractivity contribution in [1.82, 2.24) is 0 Å². The van der Waals surface area contributed by atoms with Gasteiger partial charge in [-0.1, -0.05) is 46.9 Å². The van der Waals surface area contributed by atoms with Crippen molar-refractivity contribution in [3.8, 4) is 0 Å². The second-order valence-corrected chi connectivity index (χ2v) is 5.26. The van der Waals surface area contributed by atoms with Gasteiger partial charge in [0.15, 0.2) is 0 Å². The van der Waals surface area contributed by atoms with Crippen molar-refractivity contribution in [2.45, 2.75) is 0 Å². The molecule has 5 heteroatoms. The first-order valence-electron chi connectivity index (χ1n) is 5.74. The van der Waals surface area contributed by atoms with Crippen molar-refractivity contribution in [2.24, 2.45) is 0 Å². The Hall–Kier alpha value is -1.48. The summed E-state index contributed by atoms with van der Waals surface area (Å²) in [6.45, 7) is 0. The molecule has 0 aromatic heterocycles. The number of carbonyl (C=O) groups excluding carboxylic acids is 1. The van der Waals surface area contributed by atoms with Crippen LogP contribution in [0, 0.1) is 0 Å². The number of hydrogen-bond acceptors (Lipinski definition) is 1. The molecule has 0 heterocycles. The van der Waals surface area contributed by atoms with Crippen molar-refractivity contribution in [1.29, 1.82) is 0 Å². The van der Waals surface area contributed by atoms with Crippen LogP contribution >= 0.6 is 34.8 Å². The van der Waals surface area contributed by atoms with E-state index in [9.17, 15) is 4.79 Å². The molecule has 1 N–H and O–H groups in total. The molecule has 2 rings (SSSR count). The molecule has 0 aliphatic carbocycles. The summed E-state index contributed by atoms with van der Waals surface area (Å²) in [5.74, 6) is -0.261. The Morgan fingerprint density at radius 3 is 2.50 bits per heavy atom. The average molecular weight is 327 g/mol. The van der Waals surface area contributed by atoms with Crippen LogP contribution in [0.2, 0.25) is 15.1 Å². The Balaban J connectivity index is 2.03. The van der Waals surface area contributed by atoms with E-state index in [1.807, 2.05) is 12.1 Å². The molecule has 0 radical (unpaired) electrons. The zero-order valence-corrected chi connectivity index (χ0v) is 12.5. The average Bonchev–Trinajstić information content (AvgIpc) is 2.41. The third kappa shape index (κ3) is 4.27. The Morgan fingerprint density at radius 2 is 1.80 bits per heavy atom. The van der Waals surface area contributed by atoms with Crippen LogP contribution in [0.4, 0.5) is 5.69 Å². The lowest BCUT2D eigenvalue weighted by Gasteiger charge is -2.03. The fraction of sp³-hybridized carbons (Fsp3) is 0. The minimum atomic E-state index is -0.261. The second-order valence-electron chi connectivity index (χ2n) is 4.01. The third-order valence-corrected chi connectivity index (χ3v) is 3.44. The lowest BCUT2D eigenvalue weighted by Crippen LogP contribution is -2.07. The largest absolute Gasteiger partial charge is 0.322 e. The molecule has 2 aromatic carbocycles. The Morgan fingerprint density at radius 1 is 1.00 bits per heavy atom. The first-order chi connectivity index (χ1) is 9.54. The van der Waals surface area contributed by atoms with Crippen LogP contribution in [-0.4, -0.2) is 5.91 Å². The SMILES string of the molecule is O=C(/C=C/c1cccc(Cl)c1)Nc1ccc(Cl)c(Cl)c1. The number of halogens is 3. The molecule has 102 valence electrons. The van der Waals surface area contributed by atoms with E-state index in [1.54, 1.807) is 36.4 Å². The highest BCUT2D eigenvalue weighted by atomic mass is 35.5. The summed E-state index contributed by atoms with van der Waals surface area (Å²) in [4.78, 5) is 11.8. The van der Waals surface area contributed by atoms with Gasteiger partial charge in [0, 0.05) is 16.8 Å². The molecule has 0 aliphatic heterocycles. The summed E-state index contributed by atoms with van der Waals surface area (Å²) < 4.78 is 0. The zero-order valence-electron chi connectivity index (χ0n) is 10.2. The van der Waals surface area contributed by atoms with Crippen molar-refractivity contribution in [3.63, 3.8) is 0 Å². The fourth-order valence-electron chi connectivity index (χ4n) is 1.54. The summed E-state index contributed by atoms with van der Waals surface area (Å²) in [5.41, 5.74) is 1.43. The van der Waals surface area contributed by atoms with Crippen molar-refractivity contribution < 1.29 is 4.79 Å². The standard InChI is InChI=1S/C15H10Cl3NO/c16-11-3-1-2-10(8-11)4-7-15(20)19-12-5-6-13(17)14(18)9-12/h1-9H,(H,19,20)/b7-4+. The highest BCUT2D eigenvalue weighted by Crippen LogP contribution is 2.25. The van der Waals surface area contributed by atoms with Crippen LogP contribution in [0.25, 0.3) is 6.08 Å². The number of rotatable bonds is 3. The number of carbonyl (C=O) groups is 1. The molecule has 20 heavy (non-hydrogen) atoms. The van der Waals surface area contributed by atoms with Crippen molar-refractivity contribution in [2.75, 3.05) is 5.32 Å². The Kier molecular flexibility index (Phi) is 5.07. The van der Waals surface area contributed by atoms with Gasteiger partial charge >= 0.3 is 0 Å². The molecule has 2 nitrogen and oxygen atoms in total. The third-order valence-electron chi connectivity index (χ3n) is 2.46.